The molecular formula is C20H20F3NO5. The summed E-state index contributed by atoms with van der Waals surface area (Å²) in [7, 11) is 0. The number of esters is 1. The van der Waals surface area contributed by atoms with Crippen molar-refractivity contribution in [1.29, 1.82) is 0 Å². The molecule has 1 atom stereocenters. The van der Waals surface area contributed by atoms with Crippen molar-refractivity contribution < 1.29 is 37.0 Å². The lowest BCUT2D eigenvalue weighted by Crippen LogP contribution is -2.32. The third-order valence-electron chi connectivity index (χ3n) is 3.63. The molecule has 0 spiro atoms. The standard InChI is InChI=1S/C20H20F3NO5/c1-3-10-27-15-6-4-5-7-16(15)28-11-17(25)29-12(2)20(26)24-14-9-8-13(21)18(22)19(14)23/h4-9,12H,3,10-11H2,1-2H3,(H,24,26)/t12-/m0/s1. The van der Waals surface area contributed by atoms with Crippen molar-refractivity contribution in [3.63, 3.8) is 0 Å². The Kier molecular flexibility index (Phi) is 7.88. The Labute approximate surface area is 165 Å². The summed E-state index contributed by atoms with van der Waals surface area (Å²) in [5.41, 5.74) is -0.574. The Balaban J connectivity index is 1.89. The van der Waals surface area contributed by atoms with Crippen molar-refractivity contribution >= 4 is 17.6 Å². The highest BCUT2D eigenvalue weighted by molar-refractivity contribution is 5.95. The third kappa shape index (κ3) is 6.13. The van der Waals surface area contributed by atoms with Gasteiger partial charge in [-0.25, -0.2) is 18.0 Å². The smallest absolute Gasteiger partial charge is 0.344 e. The Morgan fingerprint density at radius 3 is 2.31 bits per heavy atom. The fourth-order valence-electron chi connectivity index (χ4n) is 2.18. The zero-order valence-corrected chi connectivity index (χ0v) is 15.8. The zero-order chi connectivity index (χ0) is 21.4. The highest BCUT2D eigenvalue weighted by Crippen LogP contribution is 2.26. The zero-order valence-electron chi connectivity index (χ0n) is 15.8. The molecule has 0 saturated carbocycles. The number of amides is 1. The monoisotopic (exact) mass is 411 g/mol. The largest absolute Gasteiger partial charge is 0.490 e. The molecule has 6 nitrogen and oxygen atoms in total. The minimum absolute atomic E-state index is 0.332. The molecule has 0 radical (unpaired) electrons. The van der Waals surface area contributed by atoms with Gasteiger partial charge in [-0.15, -0.1) is 0 Å². The van der Waals surface area contributed by atoms with Gasteiger partial charge in [0.1, 0.15) is 0 Å². The first kappa shape index (κ1) is 22.1. The number of benzene rings is 2. The molecule has 0 saturated heterocycles. The maximum absolute atomic E-state index is 13.6. The molecule has 0 bridgehead atoms. The van der Waals surface area contributed by atoms with E-state index in [1.54, 1.807) is 24.3 Å². The molecule has 9 heteroatoms. The molecule has 156 valence electrons. The minimum Gasteiger partial charge on any atom is -0.490 e. The van der Waals surface area contributed by atoms with Crippen LogP contribution < -0.4 is 14.8 Å². The number of hydrogen-bond donors (Lipinski definition) is 1. The summed E-state index contributed by atoms with van der Waals surface area (Å²) in [4.78, 5) is 23.9. The quantitative estimate of drug-likeness (QED) is 0.501. The van der Waals surface area contributed by atoms with Crippen LogP contribution in [0.25, 0.3) is 0 Å². The number of ether oxygens (including phenoxy) is 3. The summed E-state index contributed by atoms with van der Waals surface area (Å²) in [6, 6.07) is 8.27. The van der Waals surface area contributed by atoms with Crippen molar-refractivity contribution in [2.75, 3.05) is 18.5 Å². The SMILES string of the molecule is CCCOc1ccccc1OCC(=O)O[C@@H](C)C(=O)Nc1ccc(F)c(F)c1F. The lowest BCUT2D eigenvalue weighted by molar-refractivity contribution is -0.155. The van der Waals surface area contributed by atoms with E-state index in [2.05, 4.69) is 0 Å². The van der Waals surface area contributed by atoms with Gasteiger partial charge in [0.25, 0.3) is 5.91 Å². The van der Waals surface area contributed by atoms with Gasteiger partial charge < -0.3 is 19.5 Å². The van der Waals surface area contributed by atoms with Crippen molar-refractivity contribution in [3.8, 4) is 11.5 Å². The molecule has 2 rings (SSSR count). The molecule has 1 amide bonds. The van der Waals surface area contributed by atoms with Crippen LogP contribution in [-0.4, -0.2) is 31.2 Å². The van der Waals surface area contributed by atoms with Crippen LogP contribution in [0.1, 0.15) is 20.3 Å². The summed E-state index contributed by atoms with van der Waals surface area (Å²) in [6.07, 6.45) is -0.535. The number of rotatable bonds is 9. The van der Waals surface area contributed by atoms with E-state index < -0.39 is 47.7 Å². The first-order valence-corrected chi connectivity index (χ1v) is 8.82. The second kappa shape index (κ2) is 10.4. The number of hydrogen-bond acceptors (Lipinski definition) is 5. The molecule has 0 heterocycles. The van der Waals surface area contributed by atoms with Crippen LogP contribution in [0, 0.1) is 17.5 Å². The van der Waals surface area contributed by atoms with Crippen LogP contribution in [0.2, 0.25) is 0 Å². The van der Waals surface area contributed by atoms with Crippen molar-refractivity contribution in [2.45, 2.75) is 26.4 Å². The first-order valence-electron chi connectivity index (χ1n) is 8.82. The molecule has 0 aliphatic rings. The Morgan fingerprint density at radius 2 is 1.66 bits per heavy atom. The van der Waals surface area contributed by atoms with Crippen molar-refractivity contribution in [3.05, 3.63) is 53.8 Å². The molecule has 0 fully saturated rings. The van der Waals surface area contributed by atoms with Gasteiger partial charge in [-0.1, -0.05) is 19.1 Å². The van der Waals surface area contributed by atoms with E-state index in [4.69, 9.17) is 14.2 Å². The lowest BCUT2D eigenvalue weighted by atomic mass is 10.2. The van der Waals surface area contributed by atoms with Crippen LogP contribution in [0.5, 0.6) is 11.5 Å². The third-order valence-corrected chi connectivity index (χ3v) is 3.63. The van der Waals surface area contributed by atoms with E-state index in [1.165, 1.54) is 6.92 Å². The number of nitrogens with one attached hydrogen (secondary N) is 1. The Morgan fingerprint density at radius 1 is 1.00 bits per heavy atom. The highest BCUT2D eigenvalue weighted by Gasteiger charge is 2.21. The average Bonchev–Trinajstić information content (AvgIpc) is 2.71. The van der Waals surface area contributed by atoms with Crippen LogP contribution >= 0.6 is 0 Å². The van der Waals surface area contributed by atoms with Gasteiger partial charge in [-0.2, -0.15) is 0 Å². The molecule has 0 aliphatic heterocycles. The predicted octanol–water partition coefficient (Wildman–Crippen LogP) is 3.84. The fraction of sp³-hybridized carbons (Fsp3) is 0.300. The van der Waals surface area contributed by atoms with Crippen LogP contribution in [0.15, 0.2) is 36.4 Å². The summed E-state index contributed by atoms with van der Waals surface area (Å²) in [5, 5.41) is 2.03. The van der Waals surface area contributed by atoms with Gasteiger partial charge >= 0.3 is 5.97 Å². The maximum Gasteiger partial charge on any atom is 0.344 e. The number of carbonyl (C=O) groups excluding carboxylic acids is 2. The van der Waals surface area contributed by atoms with Crippen molar-refractivity contribution in [1.82, 2.24) is 0 Å². The average molecular weight is 411 g/mol. The summed E-state index contributed by atoms with van der Waals surface area (Å²) < 4.78 is 55.5. The first-order chi connectivity index (χ1) is 13.8. The van der Waals surface area contributed by atoms with Crippen LogP contribution in [0.3, 0.4) is 0 Å². The van der Waals surface area contributed by atoms with Gasteiger partial charge in [0, 0.05) is 0 Å². The van der Waals surface area contributed by atoms with Gasteiger partial charge in [0.05, 0.1) is 12.3 Å². The second-order valence-electron chi connectivity index (χ2n) is 5.93. The van der Waals surface area contributed by atoms with E-state index in [-0.39, 0.29) is 0 Å². The predicted molar refractivity (Wildman–Crippen MR) is 98.2 cm³/mol. The van der Waals surface area contributed by atoms with Gasteiger partial charge in [-0.3, -0.25) is 4.79 Å². The molecule has 0 unspecified atom stereocenters. The summed E-state index contributed by atoms with van der Waals surface area (Å²) in [5.74, 6) is -5.65. The lowest BCUT2D eigenvalue weighted by Gasteiger charge is -2.15. The summed E-state index contributed by atoms with van der Waals surface area (Å²) >= 11 is 0. The molecule has 0 aromatic heterocycles. The fourth-order valence-corrected chi connectivity index (χ4v) is 2.18. The summed E-state index contributed by atoms with van der Waals surface area (Å²) in [6.45, 7) is 3.16. The van der Waals surface area contributed by atoms with Gasteiger partial charge in [0.15, 0.2) is 41.7 Å². The Hall–Kier alpha value is -3.23. The molecule has 1 N–H and O–H groups in total. The second-order valence-corrected chi connectivity index (χ2v) is 5.93. The van der Waals surface area contributed by atoms with Gasteiger partial charge in [0.2, 0.25) is 0 Å². The van der Waals surface area contributed by atoms with E-state index in [1.807, 2.05) is 12.2 Å². The maximum atomic E-state index is 13.6. The molecule has 29 heavy (non-hydrogen) atoms. The molecular weight excluding hydrogens is 391 g/mol. The molecule has 0 aliphatic carbocycles. The van der Waals surface area contributed by atoms with Crippen molar-refractivity contribution in [2.24, 2.45) is 0 Å². The molecule has 2 aromatic rings. The molecule has 2 aromatic carbocycles. The number of para-hydroxylation sites is 2. The van der Waals surface area contributed by atoms with E-state index in [0.717, 1.165) is 12.5 Å². The van der Waals surface area contributed by atoms with Gasteiger partial charge in [-0.05, 0) is 37.6 Å². The number of halogens is 3. The van der Waals surface area contributed by atoms with E-state index in [0.29, 0.717) is 24.2 Å². The minimum atomic E-state index is -1.72. The van der Waals surface area contributed by atoms with E-state index >= 15 is 0 Å². The van der Waals surface area contributed by atoms with Crippen LogP contribution in [-0.2, 0) is 14.3 Å². The van der Waals surface area contributed by atoms with E-state index in [9.17, 15) is 22.8 Å². The highest BCUT2D eigenvalue weighted by atomic mass is 19.2. The number of carbonyl (C=O) groups is 2. The Bertz CT molecular complexity index is 875. The number of anilines is 1. The topological polar surface area (TPSA) is 73.9 Å². The van der Waals surface area contributed by atoms with Crippen LogP contribution in [0.4, 0.5) is 18.9 Å². The normalized spacial score (nSPS) is 11.5.